The van der Waals surface area contributed by atoms with Crippen LogP contribution >= 0.6 is 0 Å². The van der Waals surface area contributed by atoms with Gasteiger partial charge in [0.1, 0.15) is 12.2 Å². The Morgan fingerprint density at radius 2 is 2.31 bits per heavy atom. The highest BCUT2D eigenvalue weighted by atomic mass is 32.2. The molecule has 9 heteroatoms. The van der Waals surface area contributed by atoms with Crippen LogP contribution in [0, 0.1) is 0 Å². The van der Waals surface area contributed by atoms with Gasteiger partial charge in [0, 0.05) is 13.0 Å². The Morgan fingerprint density at radius 1 is 1.44 bits per heavy atom. The minimum atomic E-state index is -3.50. The van der Waals surface area contributed by atoms with Crippen LogP contribution in [0.3, 0.4) is 0 Å². The number of aromatic amines is 2. The molecule has 0 fully saturated rings. The summed E-state index contributed by atoms with van der Waals surface area (Å²) in [5, 5.41) is 6.35. The zero-order valence-corrected chi connectivity index (χ0v) is 9.03. The lowest BCUT2D eigenvalue weighted by molar-refractivity contribution is 0.577. The average molecular weight is 242 g/mol. The van der Waals surface area contributed by atoms with Gasteiger partial charge in [-0.3, -0.25) is 5.10 Å². The Balaban J connectivity index is 1.91. The fourth-order valence-corrected chi connectivity index (χ4v) is 2.06. The number of H-pyrrole nitrogens is 2. The fraction of sp³-hybridized carbons (Fsp3) is 0.286. The highest BCUT2D eigenvalue weighted by molar-refractivity contribution is 7.89. The number of sulfonamides is 1. The highest BCUT2D eigenvalue weighted by Gasteiger charge is 2.14. The normalized spacial score (nSPS) is 11.8. The van der Waals surface area contributed by atoms with E-state index in [1.54, 1.807) is 0 Å². The highest BCUT2D eigenvalue weighted by Crippen LogP contribution is 2.01. The second-order valence-corrected chi connectivity index (χ2v) is 4.73. The molecule has 0 unspecified atom stereocenters. The van der Waals surface area contributed by atoms with Crippen molar-refractivity contribution in [2.75, 3.05) is 6.54 Å². The third-order valence-electron chi connectivity index (χ3n) is 1.88. The Kier molecular flexibility index (Phi) is 2.97. The molecule has 0 bridgehead atoms. The molecule has 0 saturated carbocycles. The number of nitrogens with one attached hydrogen (secondary N) is 3. The molecular weight excluding hydrogens is 232 g/mol. The first-order valence-corrected chi connectivity index (χ1v) is 5.99. The maximum atomic E-state index is 11.6. The molecule has 0 amide bonds. The van der Waals surface area contributed by atoms with Crippen molar-refractivity contribution in [1.29, 1.82) is 0 Å². The molecule has 8 nitrogen and oxygen atoms in total. The molecule has 2 rings (SSSR count). The molecule has 0 radical (unpaired) electrons. The molecule has 0 spiro atoms. The molecule has 16 heavy (non-hydrogen) atoms. The fourth-order valence-electron chi connectivity index (χ4n) is 1.12. The van der Waals surface area contributed by atoms with E-state index in [0.717, 1.165) is 0 Å². The van der Waals surface area contributed by atoms with Crippen molar-refractivity contribution in [2.24, 2.45) is 0 Å². The number of hydrogen-bond acceptors (Lipinski definition) is 5. The zero-order chi connectivity index (χ0) is 11.4. The minimum absolute atomic E-state index is 0.0464. The van der Waals surface area contributed by atoms with Gasteiger partial charge in [-0.1, -0.05) is 0 Å². The van der Waals surface area contributed by atoms with Crippen LogP contribution in [0.15, 0.2) is 23.9 Å². The Morgan fingerprint density at radius 3 is 2.94 bits per heavy atom. The maximum Gasteiger partial charge on any atom is 0.257 e. The summed E-state index contributed by atoms with van der Waals surface area (Å²) in [7, 11) is -3.50. The number of imidazole rings is 1. The monoisotopic (exact) mass is 242 g/mol. The maximum absolute atomic E-state index is 11.6. The van der Waals surface area contributed by atoms with Gasteiger partial charge in [0.05, 0.1) is 12.5 Å². The van der Waals surface area contributed by atoms with Crippen molar-refractivity contribution in [3.63, 3.8) is 0 Å². The van der Waals surface area contributed by atoms with Gasteiger partial charge >= 0.3 is 0 Å². The van der Waals surface area contributed by atoms with Crippen LogP contribution in [0.25, 0.3) is 0 Å². The van der Waals surface area contributed by atoms with Crippen LogP contribution in [0.5, 0.6) is 0 Å². The summed E-state index contributed by atoms with van der Waals surface area (Å²) in [5.41, 5.74) is 0. The molecule has 2 aromatic heterocycles. The predicted molar refractivity (Wildman–Crippen MR) is 53.9 cm³/mol. The van der Waals surface area contributed by atoms with Crippen LogP contribution in [0.4, 0.5) is 0 Å². The van der Waals surface area contributed by atoms with E-state index < -0.39 is 10.0 Å². The van der Waals surface area contributed by atoms with E-state index in [1.807, 2.05) is 0 Å². The summed E-state index contributed by atoms with van der Waals surface area (Å²) >= 11 is 0. The molecule has 86 valence electrons. The number of rotatable bonds is 5. The van der Waals surface area contributed by atoms with Crippen LogP contribution < -0.4 is 4.72 Å². The second-order valence-electron chi connectivity index (χ2n) is 3.00. The Labute approximate surface area is 91.6 Å². The quantitative estimate of drug-likeness (QED) is 0.625. The number of hydrogen-bond donors (Lipinski definition) is 3. The van der Waals surface area contributed by atoms with E-state index in [1.165, 1.54) is 18.9 Å². The number of nitrogens with zero attached hydrogens (tertiary/aromatic N) is 3. The van der Waals surface area contributed by atoms with E-state index in [-0.39, 0.29) is 11.6 Å². The van der Waals surface area contributed by atoms with Crippen LogP contribution in [-0.2, 0) is 16.4 Å². The SMILES string of the molecule is O=S(=O)(NCCc1ncn[nH]1)c1cnc[nH]1. The molecule has 0 saturated heterocycles. The topological polar surface area (TPSA) is 116 Å². The third kappa shape index (κ3) is 2.44. The Hall–Kier alpha value is -1.74. The van der Waals surface area contributed by atoms with E-state index in [9.17, 15) is 8.42 Å². The second kappa shape index (κ2) is 4.41. The van der Waals surface area contributed by atoms with Gasteiger partial charge < -0.3 is 4.98 Å². The summed E-state index contributed by atoms with van der Waals surface area (Å²) < 4.78 is 25.6. The lowest BCUT2D eigenvalue weighted by Crippen LogP contribution is -2.26. The molecule has 0 aromatic carbocycles. The van der Waals surface area contributed by atoms with Crippen LogP contribution in [0.2, 0.25) is 0 Å². The Bertz CT molecular complexity index is 517. The molecule has 0 aliphatic rings. The summed E-state index contributed by atoms with van der Waals surface area (Å²) in [6, 6.07) is 0. The summed E-state index contributed by atoms with van der Waals surface area (Å²) in [6.45, 7) is 0.247. The lowest BCUT2D eigenvalue weighted by atomic mass is 10.4. The van der Waals surface area contributed by atoms with Crippen molar-refractivity contribution in [1.82, 2.24) is 29.9 Å². The van der Waals surface area contributed by atoms with Gasteiger partial charge in [0.15, 0.2) is 5.03 Å². The zero-order valence-electron chi connectivity index (χ0n) is 8.21. The van der Waals surface area contributed by atoms with Crippen molar-refractivity contribution in [3.8, 4) is 0 Å². The predicted octanol–water partition coefficient (Wildman–Crippen LogP) is -0.951. The van der Waals surface area contributed by atoms with Gasteiger partial charge in [0.25, 0.3) is 10.0 Å². The first kappa shape index (κ1) is 10.8. The smallest absolute Gasteiger partial charge is 0.257 e. The standard InChI is InChI=1S/C7H10N6O2S/c14-16(15,7-3-8-4-10-7)12-2-1-6-9-5-11-13-6/h3-5,12H,1-2H2,(H,8,10)(H,9,11,13). The van der Waals surface area contributed by atoms with Crippen LogP contribution in [0.1, 0.15) is 5.82 Å². The van der Waals surface area contributed by atoms with Crippen molar-refractivity contribution < 1.29 is 8.42 Å². The lowest BCUT2D eigenvalue weighted by Gasteiger charge is -2.02. The molecule has 0 aliphatic carbocycles. The van der Waals surface area contributed by atoms with Gasteiger partial charge in [-0.15, -0.1) is 0 Å². The van der Waals surface area contributed by atoms with Gasteiger partial charge in [-0.2, -0.15) is 5.10 Å². The first-order valence-electron chi connectivity index (χ1n) is 4.51. The average Bonchev–Trinajstić information content (AvgIpc) is 2.90. The molecule has 0 atom stereocenters. The molecule has 2 aromatic rings. The molecule has 2 heterocycles. The van der Waals surface area contributed by atoms with Crippen molar-refractivity contribution in [3.05, 3.63) is 24.7 Å². The van der Waals surface area contributed by atoms with E-state index in [2.05, 4.69) is 29.9 Å². The van der Waals surface area contributed by atoms with Crippen molar-refractivity contribution in [2.45, 2.75) is 11.4 Å². The van der Waals surface area contributed by atoms with Crippen molar-refractivity contribution >= 4 is 10.0 Å². The van der Waals surface area contributed by atoms with E-state index >= 15 is 0 Å². The molecule has 3 N–H and O–H groups in total. The van der Waals surface area contributed by atoms with Gasteiger partial charge in [-0.05, 0) is 0 Å². The minimum Gasteiger partial charge on any atom is -0.335 e. The summed E-state index contributed by atoms with van der Waals surface area (Å²) in [5.74, 6) is 0.632. The van der Waals surface area contributed by atoms with E-state index in [4.69, 9.17) is 0 Å². The largest absolute Gasteiger partial charge is 0.335 e. The third-order valence-corrected chi connectivity index (χ3v) is 3.27. The molecular formula is C7H10N6O2S. The van der Waals surface area contributed by atoms with Gasteiger partial charge in [0.2, 0.25) is 0 Å². The summed E-state index contributed by atoms with van der Waals surface area (Å²) in [6.07, 6.45) is 4.38. The van der Waals surface area contributed by atoms with Gasteiger partial charge in [-0.25, -0.2) is 23.1 Å². The summed E-state index contributed by atoms with van der Waals surface area (Å²) in [4.78, 5) is 10.0. The first-order chi connectivity index (χ1) is 7.68. The number of aromatic nitrogens is 5. The molecule has 0 aliphatic heterocycles. The van der Waals surface area contributed by atoms with E-state index in [0.29, 0.717) is 12.2 Å². The van der Waals surface area contributed by atoms with Crippen LogP contribution in [-0.4, -0.2) is 40.1 Å².